The van der Waals surface area contributed by atoms with E-state index in [0.29, 0.717) is 4.60 Å². The average molecular weight is 317 g/mol. The third kappa shape index (κ3) is 3.52. The number of rotatable bonds is 4. The number of ether oxygens (including phenoxy) is 1. The number of halogens is 1. The largest absolute Gasteiger partial charge is 0.502 e. The minimum Gasteiger partial charge on any atom is -0.502 e. The third-order valence-corrected chi connectivity index (χ3v) is 2.29. The van der Waals surface area contributed by atoms with Crippen LogP contribution in [0.15, 0.2) is 22.6 Å². The van der Waals surface area contributed by atoms with Crippen LogP contribution in [0.3, 0.4) is 0 Å². The van der Waals surface area contributed by atoms with Crippen molar-refractivity contribution in [2.75, 3.05) is 6.61 Å². The molecular formula is C10H9BrN2O5. The van der Waals surface area contributed by atoms with Crippen LogP contribution in [0, 0.1) is 10.1 Å². The molecule has 0 unspecified atom stereocenters. The van der Waals surface area contributed by atoms with Crippen LogP contribution in [-0.2, 0) is 9.53 Å². The lowest BCUT2D eigenvalue weighted by molar-refractivity contribution is -0.385. The second-order valence-corrected chi connectivity index (χ2v) is 3.89. The van der Waals surface area contributed by atoms with Crippen molar-refractivity contribution in [3.63, 3.8) is 0 Å². The maximum absolute atomic E-state index is 11.2. The molecule has 1 aromatic rings. The van der Waals surface area contributed by atoms with Crippen molar-refractivity contribution in [1.29, 1.82) is 0 Å². The summed E-state index contributed by atoms with van der Waals surface area (Å²) < 4.78 is 4.90. The fraction of sp³-hybridized carbons (Fsp3) is 0.200. The van der Waals surface area contributed by atoms with E-state index in [1.54, 1.807) is 6.92 Å². The molecule has 96 valence electrons. The Balaban J connectivity index is 3.16. The van der Waals surface area contributed by atoms with E-state index in [0.717, 1.165) is 12.3 Å². The molecule has 0 fully saturated rings. The van der Waals surface area contributed by atoms with Crippen LogP contribution in [0.5, 0.6) is 0 Å². The standard InChI is InChI=1S/C10H9BrN2O5/c1-2-18-10(15)8(14)3-6-4-9(11)12-5-7(6)13(16)17/h3-5,14H,2H2,1H3/b8-3-. The van der Waals surface area contributed by atoms with Crippen LogP contribution in [-0.4, -0.2) is 27.6 Å². The molecule has 0 aliphatic rings. The molecule has 1 rings (SSSR count). The first-order valence-electron chi connectivity index (χ1n) is 4.83. The van der Waals surface area contributed by atoms with Crippen molar-refractivity contribution >= 4 is 33.7 Å². The number of pyridine rings is 1. The van der Waals surface area contributed by atoms with Gasteiger partial charge in [0.05, 0.1) is 17.1 Å². The van der Waals surface area contributed by atoms with Gasteiger partial charge in [-0.3, -0.25) is 10.1 Å². The molecule has 1 N–H and O–H groups in total. The summed E-state index contributed by atoms with van der Waals surface area (Å²) in [5.74, 6) is -1.65. The highest BCUT2D eigenvalue weighted by Crippen LogP contribution is 2.22. The van der Waals surface area contributed by atoms with E-state index in [1.165, 1.54) is 6.07 Å². The summed E-state index contributed by atoms with van der Waals surface area (Å²) in [5.41, 5.74) is -0.276. The SMILES string of the molecule is CCOC(=O)/C(O)=C/c1cc(Br)ncc1[N+](=O)[O-]. The minimum atomic E-state index is -0.945. The van der Waals surface area contributed by atoms with Crippen LogP contribution in [0.2, 0.25) is 0 Å². The van der Waals surface area contributed by atoms with E-state index in [-0.39, 0.29) is 17.9 Å². The summed E-state index contributed by atoms with van der Waals surface area (Å²) in [6, 6.07) is 1.31. The summed E-state index contributed by atoms with van der Waals surface area (Å²) >= 11 is 3.04. The maximum Gasteiger partial charge on any atom is 0.373 e. The van der Waals surface area contributed by atoms with Gasteiger partial charge in [-0.05, 0) is 28.9 Å². The molecule has 0 atom stereocenters. The number of aliphatic hydroxyl groups excluding tert-OH is 1. The molecule has 1 aromatic heterocycles. The molecule has 0 aliphatic heterocycles. The Morgan fingerprint density at radius 2 is 2.39 bits per heavy atom. The highest BCUT2D eigenvalue weighted by atomic mass is 79.9. The van der Waals surface area contributed by atoms with Gasteiger partial charge in [-0.15, -0.1) is 0 Å². The summed E-state index contributed by atoms with van der Waals surface area (Å²) in [6.45, 7) is 1.68. The molecule has 0 saturated carbocycles. The Hall–Kier alpha value is -1.96. The molecule has 8 heteroatoms. The van der Waals surface area contributed by atoms with Gasteiger partial charge in [0.15, 0.2) is 0 Å². The van der Waals surface area contributed by atoms with Gasteiger partial charge in [0.25, 0.3) is 5.69 Å². The average Bonchev–Trinajstić information content (AvgIpc) is 2.28. The van der Waals surface area contributed by atoms with E-state index in [9.17, 15) is 20.0 Å². The number of nitrogens with zero attached hydrogens (tertiary/aromatic N) is 2. The van der Waals surface area contributed by atoms with E-state index < -0.39 is 16.7 Å². The number of aromatic nitrogens is 1. The second kappa shape index (κ2) is 6.10. The highest BCUT2D eigenvalue weighted by molar-refractivity contribution is 9.10. The molecule has 0 amide bonds. The number of hydrogen-bond donors (Lipinski definition) is 1. The zero-order valence-corrected chi connectivity index (χ0v) is 10.9. The second-order valence-electron chi connectivity index (χ2n) is 3.07. The van der Waals surface area contributed by atoms with Crippen molar-refractivity contribution in [2.24, 2.45) is 0 Å². The van der Waals surface area contributed by atoms with Crippen LogP contribution < -0.4 is 0 Å². The normalized spacial score (nSPS) is 11.1. The molecule has 0 radical (unpaired) electrons. The van der Waals surface area contributed by atoms with Gasteiger partial charge in [-0.1, -0.05) is 0 Å². The molecule has 7 nitrogen and oxygen atoms in total. The van der Waals surface area contributed by atoms with Gasteiger partial charge >= 0.3 is 5.97 Å². The van der Waals surface area contributed by atoms with Crippen molar-refractivity contribution < 1.29 is 19.6 Å². The first-order valence-corrected chi connectivity index (χ1v) is 5.62. The Morgan fingerprint density at radius 3 is 2.94 bits per heavy atom. The number of carbonyl (C=O) groups excluding carboxylic acids is 1. The predicted molar refractivity (Wildman–Crippen MR) is 65.8 cm³/mol. The quantitative estimate of drug-likeness (QED) is 0.228. The van der Waals surface area contributed by atoms with E-state index in [4.69, 9.17) is 0 Å². The van der Waals surface area contributed by atoms with Gasteiger partial charge in [-0.25, -0.2) is 9.78 Å². The van der Waals surface area contributed by atoms with E-state index in [1.807, 2.05) is 0 Å². The fourth-order valence-corrected chi connectivity index (χ4v) is 1.47. The zero-order valence-electron chi connectivity index (χ0n) is 9.29. The van der Waals surface area contributed by atoms with Crippen LogP contribution >= 0.6 is 15.9 Å². The van der Waals surface area contributed by atoms with Gasteiger partial charge in [0.2, 0.25) is 5.76 Å². The van der Waals surface area contributed by atoms with Crippen molar-refractivity contribution in [2.45, 2.75) is 6.92 Å². The van der Waals surface area contributed by atoms with Gasteiger partial charge in [0, 0.05) is 6.08 Å². The minimum absolute atomic E-state index is 0.0485. The lowest BCUT2D eigenvalue weighted by atomic mass is 10.2. The molecule has 0 aromatic carbocycles. The lowest BCUT2D eigenvalue weighted by Crippen LogP contribution is -2.07. The summed E-state index contributed by atoms with van der Waals surface area (Å²) in [6.07, 6.45) is 1.98. The molecule has 1 heterocycles. The monoisotopic (exact) mass is 316 g/mol. The highest BCUT2D eigenvalue weighted by Gasteiger charge is 2.16. The number of aliphatic hydroxyl groups is 1. The van der Waals surface area contributed by atoms with E-state index >= 15 is 0 Å². The number of esters is 1. The Bertz CT molecular complexity index is 515. The Labute approximate surface area is 110 Å². The molecule has 0 aliphatic carbocycles. The lowest BCUT2D eigenvalue weighted by Gasteiger charge is -2.01. The first-order chi connectivity index (χ1) is 8.45. The van der Waals surface area contributed by atoms with Gasteiger partial charge in [-0.2, -0.15) is 0 Å². The molecule has 0 saturated heterocycles. The van der Waals surface area contributed by atoms with Crippen LogP contribution in [0.4, 0.5) is 5.69 Å². The van der Waals surface area contributed by atoms with Crippen LogP contribution in [0.25, 0.3) is 6.08 Å². The maximum atomic E-state index is 11.2. The number of hydrogen-bond acceptors (Lipinski definition) is 6. The molecule has 18 heavy (non-hydrogen) atoms. The van der Waals surface area contributed by atoms with Crippen molar-refractivity contribution in [1.82, 2.24) is 4.98 Å². The first kappa shape index (κ1) is 14.1. The smallest absolute Gasteiger partial charge is 0.373 e. The summed E-state index contributed by atoms with van der Waals surface area (Å²) in [4.78, 5) is 24.9. The third-order valence-electron chi connectivity index (χ3n) is 1.85. The summed E-state index contributed by atoms with van der Waals surface area (Å²) in [7, 11) is 0. The fourth-order valence-electron chi connectivity index (χ4n) is 1.12. The van der Waals surface area contributed by atoms with Crippen LogP contribution in [0.1, 0.15) is 12.5 Å². The zero-order chi connectivity index (χ0) is 13.7. The molecule has 0 spiro atoms. The van der Waals surface area contributed by atoms with Gasteiger partial charge < -0.3 is 9.84 Å². The van der Waals surface area contributed by atoms with Gasteiger partial charge in [0.1, 0.15) is 10.8 Å². The number of carbonyl (C=O) groups is 1. The Kier molecular flexibility index (Phi) is 4.78. The van der Waals surface area contributed by atoms with Crippen molar-refractivity contribution in [3.8, 4) is 0 Å². The van der Waals surface area contributed by atoms with E-state index in [2.05, 4.69) is 25.7 Å². The molecular weight excluding hydrogens is 308 g/mol. The predicted octanol–water partition coefficient (Wildman–Crippen LogP) is 2.21. The number of nitro groups is 1. The Morgan fingerprint density at radius 1 is 1.72 bits per heavy atom. The topological polar surface area (TPSA) is 103 Å². The van der Waals surface area contributed by atoms with Crippen molar-refractivity contribution in [3.05, 3.63) is 38.3 Å². The molecule has 0 bridgehead atoms. The summed E-state index contributed by atoms with van der Waals surface area (Å²) in [5, 5.41) is 20.2.